The van der Waals surface area contributed by atoms with E-state index >= 15 is 0 Å². The highest BCUT2D eigenvalue weighted by molar-refractivity contribution is 7.22. The predicted octanol–water partition coefficient (Wildman–Crippen LogP) is 2.60. The van der Waals surface area contributed by atoms with E-state index in [1.807, 2.05) is 18.2 Å². The highest BCUT2D eigenvalue weighted by Crippen LogP contribution is 2.35. The van der Waals surface area contributed by atoms with Crippen LogP contribution in [0.1, 0.15) is 0 Å². The van der Waals surface area contributed by atoms with Gasteiger partial charge in [0.25, 0.3) is 0 Å². The third-order valence-corrected chi connectivity index (χ3v) is 6.23. The first-order valence-corrected chi connectivity index (χ1v) is 9.78. The van der Waals surface area contributed by atoms with Crippen LogP contribution in [-0.4, -0.2) is 68.6 Å². The third-order valence-electron chi connectivity index (χ3n) is 5.14. The van der Waals surface area contributed by atoms with E-state index < -0.39 is 0 Å². The average molecular weight is 393 g/mol. The molecule has 9 heteroatoms. The number of likely N-dealkylation sites (tertiary alicyclic amines) is 1. The van der Waals surface area contributed by atoms with Crippen LogP contribution in [0.2, 0.25) is 0 Å². The molecule has 1 aliphatic rings. The van der Waals surface area contributed by atoms with Crippen LogP contribution in [0.15, 0.2) is 36.7 Å². The van der Waals surface area contributed by atoms with Gasteiger partial charge in [-0.25, -0.2) is 0 Å². The predicted molar refractivity (Wildman–Crippen MR) is 110 cm³/mol. The van der Waals surface area contributed by atoms with Gasteiger partial charge in [0.1, 0.15) is 5.75 Å². The van der Waals surface area contributed by atoms with Crippen LogP contribution in [0.3, 0.4) is 0 Å². The van der Waals surface area contributed by atoms with Crippen molar-refractivity contribution in [2.45, 2.75) is 6.04 Å². The van der Waals surface area contributed by atoms with Gasteiger partial charge in [-0.3, -0.25) is 5.10 Å². The number of aromatic nitrogens is 5. The van der Waals surface area contributed by atoms with Gasteiger partial charge in [0.2, 0.25) is 0 Å². The number of hydrogen-bond donors (Lipinski definition) is 2. The second-order valence-corrected chi connectivity index (χ2v) is 8.13. The summed E-state index contributed by atoms with van der Waals surface area (Å²) in [5.74, 6) is 0.159. The third kappa shape index (κ3) is 2.88. The molecule has 2 N–H and O–H groups in total. The number of aromatic hydroxyl groups is 1. The fraction of sp³-hybridized carbons (Fsp3) is 0.263. The molecule has 4 aromatic rings. The highest BCUT2D eigenvalue weighted by atomic mass is 32.1. The second kappa shape index (κ2) is 6.54. The Labute approximate surface area is 165 Å². The summed E-state index contributed by atoms with van der Waals surface area (Å²) >= 11 is 1.60. The number of nitrogens with one attached hydrogen (secondary N) is 1. The maximum absolute atomic E-state index is 10.5. The van der Waals surface area contributed by atoms with Crippen molar-refractivity contribution in [2.75, 3.05) is 32.1 Å². The Morgan fingerprint density at radius 1 is 1.21 bits per heavy atom. The van der Waals surface area contributed by atoms with Gasteiger partial charge >= 0.3 is 0 Å². The quantitative estimate of drug-likeness (QED) is 0.550. The molecule has 5 rings (SSSR count). The van der Waals surface area contributed by atoms with Crippen LogP contribution in [0.5, 0.6) is 5.75 Å². The number of phenolic OH excluding ortho intramolecular Hbond substituents is 1. The van der Waals surface area contributed by atoms with Crippen molar-refractivity contribution in [1.29, 1.82) is 0 Å². The molecule has 0 unspecified atom stereocenters. The number of rotatable bonds is 4. The molecule has 1 saturated heterocycles. The summed E-state index contributed by atoms with van der Waals surface area (Å²) in [7, 11) is 4.19. The van der Waals surface area contributed by atoms with Crippen LogP contribution >= 0.6 is 11.3 Å². The monoisotopic (exact) mass is 393 g/mol. The molecule has 0 spiro atoms. The molecule has 1 aliphatic heterocycles. The van der Waals surface area contributed by atoms with Crippen molar-refractivity contribution < 1.29 is 5.11 Å². The summed E-state index contributed by atoms with van der Waals surface area (Å²) in [6.45, 7) is 2.08. The van der Waals surface area contributed by atoms with Crippen LogP contribution < -0.4 is 4.90 Å². The number of H-pyrrole nitrogens is 1. The maximum Gasteiger partial charge on any atom is 0.194 e. The summed E-state index contributed by atoms with van der Waals surface area (Å²) in [6, 6.07) is 7.93. The van der Waals surface area contributed by atoms with Gasteiger partial charge < -0.3 is 14.9 Å². The molecule has 28 heavy (non-hydrogen) atoms. The van der Waals surface area contributed by atoms with Crippen LogP contribution in [0.25, 0.3) is 32.7 Å². The molecule has 0 amide bonds. The number of benzene rings is 1. The maximum atomic E-state index is 10.5. The van der Waals surface area contributed by atoms with Crippen LogP contribution in [0, 0.1) is 0 Å². The Morgan fingerprint density at radius 3 is 2.79 bits per heavy atom. The number of phenols is 1. The van der Waals surface area contributed by atoms with E-state index in [0.717, 1.165) is 34.0 Å². The minimum absolute atomic E-state index is 0.159. The van der Waals surface area contributed by atoms with Crippen LogP contribution in [0.4, 0.5) is 5.13 Å². The zero-order valence-corrected chi connectivity index (χ0v) is 16.3. The summed E-state index contributed by atoms with van der Waals surface area (Å²) in [5.41, 5.74) is 3.71. The van der Waals surface area contributed by atoms with Crippen molar-refractivity contribution >= 4 is 26.8 Å². The molecule has 0 saturated carbocycles. The lowest BCUT2D eigenvalue weighted by molar-refractivity contribution is 0.187. The Bertz CT molecular complexity index is 1130. The zero-order chi connectivity index (χ0) is 19.3. The fourth-order valence-electron chi connectivity index (χ4n) is 3.42. The first kappa shape index (κ1) is 17.1. The topological polar surface area (TPSA) is 94.1 Å². The molecule has 0 aliphatic carbocycles. The number of nitrogens with zero attached hydrogens (tertiary/aromatic N) is 6. The molecule has 142 valence electrons. The van der Waals surface area contributed by atoms with Gasteiger partial charge in [-0.2, -0.15) is 10.1 Å². The summed E-state index contributed by atoms with van der Waals surface area (Å²) in [5, 5.41) is 26.8. The molecular formula is C19H19N7OS. The lowest BCUT2D eigenvalue weighted by atomic mass is 10.0. The van der Waals surface area contributed by atoms with E-state index in [-0.39, 0.29) is 5.75 Å². The molecular weight excluding hydrogens is 374 g/mol. The number of hydrogen-bond acceptors (Lipinski definition) is 8. The molecule has 0 radical (unpaired) electrons. The first-order chi connectivity index (χ1) is 13.6. The smallest absolute Gasteiger partial charge is 0.194 e. The summed E-state index contributed by atoms with van der Waals surface area (Å²) in [6.07, 6.45) is 3.51. The molecule has 1 aromatic carbocycles. The zero-order valence-electron chi connectivity index (χ0n) is 15.5. The number of fused-ring (bicyclic) bond motifs is 1. The van der Waals surface area contributed by atoms with Crippen molar-refractivity contribution in [3.63, 3.8) is 0 Å². The number of likely N-dealkylation sites (N-methyl/N-ethyl adjacent to an activating group) is 2. The molecule has 0 atom stereocenters. The Hall–Kier alpha value is -3.04. The van der Waals surface area contributed by atoms with Crippen molar-refractivity contribution in [1.82, 2.24) is 30.3 Å². The number of anilines is 1. The van der Waals surface area contributed by atoms with Gasteiger partial charge in [-0.05, 0) is 30.8 Å². The normalized spacial score (nSPS) is 15.1. The Kier molecular flexibility index (Phi) is 3.99. The minimum atomic E-state index is 0.159. The fourth-order valence-corrected chi connectivity index (χ4v) is 4.39. The lowest BCUT2D eigenvalue weighted by Gasteiger charge is -2.41. The van der Waals surface area contributed by atoms with Gasteiger partial charge in [0, 0.05) is 37.5 Å². The molecule has 0 bridgehead atoms. The summed E-state index contributed by atoms with van der Waals surface area (Å²) in [4.78, 5) is 9.12. The first-order valence-electron chi connectivity index (χ1n) is 8.96. The minimum Gasteiger partial charge on any atom is -0.507 e. The van der Waals surface area contributed by atoms with E-state index in [4.69, 9.17) is 0 Å². The Balaban J connectivity index is 1.46. The van der Waals surface area contributed by atoms with E-state index in [9.17, 15) is 5.11 Å². The SMILES string of the molecule is CN1CC(N(C)c2nc3nnc(-c4ccc(-c5cn[nH]c5)cc4O)cc3s2)C1. The molecule has 4 heterocycles. The van der Waals surface area contributed by atoms with Gasteiger partial charge in [0.15, 0.2) is 10.8 Å². The second-order valence-electron chi connectivity index (χ2n) is 7.12. The standard InChI is InChI=1S/C19H19N7OS/c1-25-9-13(10-25)26(2)19-22-18-17(28-19)6-15(23-24-18)14-4-3-11(5-16(14)27)12-7-20-21-8-12/h3-8,13,27H,9-10H2,1-2H3,(H,20,21). The number of thiazole rings is 1. The summed E-state index contributed by atoms with van der Waals surface area (Å²) < 4.78 is 0.956. The van der Waals surface area contributed by atoms with E-state index in [2.05, 4.69) is 49.3 Å². The average Bonchev–Trinajstić information content (AvgIpc) is 3.34. The lowest BCUT2D eigenvalue weighted by Crippen LogP contribution is -2.56. The van der Waals surface area contributed by atoms with Gasteiger partial charge in [0.05, 0.1) is 22.6 Å². The molecule has 3 aromatic heterocycles. The molecule has 1 fully saturated rings. The van der Waals surface area contributed by atoms with Gasteiger partial charge in [-0.1, -0.05) is 17.4 Å². The van der Waals surface area contributed by atoms with E-state index in [0.29, 0.717) is 22.9 Å². The molecule has 8 nitrogen and oxygen atoms in total. The van der Waals surface area contributed by atoms with Crippen molar-refractivity contribution in [3.05, 3.63) is 36.7 Å². The highest BCUT2D eigenvalue weighted by Gasteiger charge is 2.28. The van der Waals surface area contributed by atoms with Crippen molar-refractivity contribution in [3.8, 4) is 28.1 Å². The van der Waals surface area contributed by atoms with E-state index in [1.165, 1.54) is 0 Å². The van der Waals surface area contributed by atoms with Crippen molar-refractivity contribution in [2.24, 2.45) is 0 Å². The van der Waals surface area contributed by atoms with Gasteiger partial charge in [-0.15, -0.1) is 10.2 Å². The van der Waals surface area contributed by atoms with Crippen LogP contribution in [-0.2, 0) is 0 Å². The Morgan fingerprint density at radius 2 is 2.07 bits per heavy atom. The largest absolute Gasteiger partial charge is 0.507 e. The van der Waals surface area contributed by atoms with E-state index in [1.54, 1.807) is 29.8 Å². The number of aromatic amines is 1.